The van der Waals surface area contributed by atoms with Crippen molar-refractivity contribution in [1.82, 2.24) is 24.4 Å². The number of carbonyl (C=O) groups is 1. The molecule has 2 aromatic carbocycles. The number of aliphatic hydroxyl groups is 1. The van der Waals surface area contributed by atoms with Gasteiger partial charge in [0, 0.05) is 6.54 Å². The Morgan fingerprint density at radius 2 is 1.97 bits per heavy atom. The number of nitrogens with one attached hydrogen (secondary N) is 1. The highest BCUT2D eigenvalue weighted by Gasteiger charge is 2.21. The molecule has 0 aliphatic rings. The van der Waals surface area contributed by atoms with E-state index in [0.29, 0.717) is 16.9 Å². The zero-order valence-corrected chi connectivity index (χ0v) is 18.5. The van der Waals surface area contributed by atoms with Crippen molar-refractivity contribution in [3.63, 3.8) is 0 Å². The molecule has 4 aromatic rings. The second-order valence-electron chi connectivity index (χ2n) is 7.64. The van der Waals surface area contributed by atoms with E-state index >= 15 is 0 Å². The number of amides is 1. The van der Waals surface area contributed by atoms with Crippen LogP contribution in [-0.4, -0.2) is 43.8 Å². The fourth-order valence-electron chi connectivity index (χ4n) is 3.68. The number of ether oxygens (including phenoxy) is 1. The monoisotopic (exact) mass is 466 g/mol. The van der Waals surface area contributed by atoms with E-state index in [1.54, 1.807) is 31.2 Å². The molecule has 0 spiro atoms. The summed E-state index contributed by atoms with van der Waals surface area (Å²) >= 11 is 0. The van der Waals surface area contributed by atoms with Gasteiger partial charge in [-0.3, -0.25) is 13.9 Å². The van der Waals surface area contributed by atoms with E-state index in [1.165, 1.54) is 34.7 Å². The molecule has 34 heavy (non-hydrogen) atoms. The first-order chi connectivity index (χ1) is 16.3. The lowest BCUT2D eigenvalue weighted by Gasteiger charge is -2.10. The van der Waals surface area contributed by atoms with Crippen molar-refractivity contribution in [3.05, 3.63) is 76.2 Å². The van der Waals surface area contributed by atoms with E-state index in [2.05, 4.69) is 15.3 Å². The van der Waals surface area contributed by atoms with Crippen LogP contribution >= 0.6 is 0 Å². The summed E-state index contributed by atoms with van der Waals surface area (Å²) in [6, 6.07) is 10.1. The lowest BCUT2D eigenvalue weighted by molar-refractivity contribution is 0.0947. The minimum Gasteiger partial charge on any atom is -0.496 e. The van der Waals surface area contributed by atoms with E-state index in [0.717, 1.165) is 11.6 Å². The van der Waals surface area contributed by atoms with E-state index in [-0.39, 0.29) is 30.3 Å². The third-order valence-electron chi connectivity index (χ3n) is 5.44. The minimum absolute atomic E-state index is 0.0898. The molecule has 4 rings (SSSR count). The van der Waals surface area contributed by atoms with Gasteiger partial charge in [-0.05, 0) is 42.8 Å². The van der Waals surface area contributed by atoms with Crippen molar-refractivity contribution in [2.75, 3.05) is 19.5 Å². The first-order valence-corrected chi connectivity index (χ1v) is 10.4. The second-order valence-corrected chi connectivity index (χ2v) is 7.64. The molecule has 11 heteroatoms. The molecule has 0 bridgehead atoms. The molecule has 0 aliphatic heterocycles. The number of aliphatic hydroxyl groups excluding tert-OH is 1. The van der Waals surface area contributed by atoms with Gasteiger partial charge < -0.3 is 20.9 Å². The highest BCUT2D eigenvalue weighted by Crippen LogP contribution is 2.23. The van der Waals surface area contributed by atoms with Crippen molar-refractivity contribution >= 4 is 22.9 Å². The van der Waals surface area contributed by atoms with Crippen LogP contribution in [0.25, 0.3) is 16.9 Å². The minimum atomic E-state index is -0.543. The molecule has 10 nitrogen and oxygen atoms in total. The lowest BCUT2D eigenvalue weighted by Crippen LogP contribution is -2.27. The standard InChI is InChI=1S/C23H23FN6O4/c1-13(11-31)29-21-19(20(25)27-12-28-21)30(23(29)33)16-6-3-14(4-7-16)10-26-22(32)17-9-15(24)5-8-18(17)34-2/h3-9,12-13,31H,10-11H2,1-2H3,(H,26,32)(H2,25,27,28). The Labute approximate surface area is 193 Å². The molecule has 4 N–H and O–H groups in total. The van der Waals surface area contributed by atoms with Gasteiger partial charge in [0.2, 0.25) is 0 Å². The first-order valence-electron chi connectivity index (χ1n) is 10.4. The van der Waals surface area contributed by atoms with Crippen molar-refractivity contribution in [2.45, 2.75) is 19.5 Å². The van der Waals surface area contributed by atoms with Crippen LogP contribution in [0.2, 0.25) is 0 Å². The number of benzene rings is 2. The van der Waals surface area contributed by atoms with Crippen LogP contribution in [0.15, 0.2) is 53.6 Å². The average molecular weight is 466 g/mol. The number of fused-ring (bicyclic) bond motifs is 1. The summed E-state index contributed by atoms with van der Waals surface area (Å²) in [5, 5.41) is 12.3. The van der Waals surface area contributed by atoms with Gasteiger partial charge in [0.15, 0.2) is 11.5 Å². The fourth-order valence-corrected chi connectivity index (χ4v) is 3.68. The molecule has 2 heterocycles. The summed E-state index contributed by atoms with van der Waals surface area (Å²) < 4.78 is 21.4. The molecule has 1 amide bonds. The Hall–Kier alpha value is -4.25. The summed E-state index contributed by atoms with van der Waals surface area (Å²) in [7, 11) is 1.40. The van der Waals surface area contributed by atoms with Crippen molar-refractivity contribution < 1.29 is 19.0 Å². The summed E-state index contributed by atoms with van der Waals surface area (Å²) in [5.74, 6) is -0.630. The van der Waals surface area contributed by atoms with Crippen molar-refractivity contribution in [2.24, 2.45) is 0 Å². The van der Waals surface area contributed by atoms with Gasteiger partial charge in [-0.25, -0.2) is 19.2 Å². The van der Waals surface area contributed by atoms with Gasteiger partial charge in [-0.2, -0.15) is 0 Å². The highest BCUT2D eigenvalue weighted by molar-refractivity contribution is 5.96. The van der Waals surface area contributed by atoms with Crippen LogP contribution < -0.4 is 21.5 Å². The van der Waals surface area contributed by atoms with E-state index < -0.39 is 23.5 Å². The van der Waals surface area contributed by atoms with Gasteiger partial charge >= 0.3 is 5.69 Å². The maximum atomic E-state index is 13.6. The predicted octanol–water partition coefficient (Wildman–Crippen LogP) is 1.80. The maximum absolute atomic E-state index is 13.6. The number of anilines is 1. The average Bonchev–Trinajstić information content (AvgIpc) is 3.15. The topological polar surface area (TPSA) is 137 Å². The Balaban J connectivity index is 1.62. The number of aromatic nitrogens is 4. The van der Waals surface area contributed by atoms with Crippen LogP contribution in [0.3, 0.4) is 0 Å². The van der Waals surface area contributed by atoms with Gasteiger partial charge in [-0.1, -0.05) is 12.1 Å². The normalized spacial score (nSPS) is 12.0. The zero-order valence-electron chi connectivity index (χ0n) is 18.5. The molecular weight excluding hydrogens is 443 g/mol. The molecule has 0 radical (unpaired) electrons. The Morgan fingerprint density at radius 1 is 1.24 bits per heavy atom. The van der Waals surface area contributed by atoms with Gasteiger partial charge in [0.05, 0.1) is 31.0 Å². The predicted molar refractivity (Wildman–Crippen MR) is 123 cm³/mol. The van der Waals surface area contributed by atoms with Crippen LogP contribution in [0.5, 0.6) is 5.75 Å². The third-order valence-corrected chi connectivity index (χ3v) is 5.44. The number of halogens is 1. The smallest absolute Gasteiger partial charge is 0.335 e. The molecule has 1 unspecified atom stereocenters. The summed E-state index contributed by atoms with van der Waals surface area (Å²) in [6.07, 6.45) is 1.27. The summed E-state index contributed by atoms with van der Waals surface area (Å²) in [6.45, 7) is 1.61. The maximum Gasteiger partial charge on any atom is 0.335 e. The number of nitrogen functional groups attached to an aromatic ring is 1. The number of carbonyl (C=O) groups excluding carboxylic acids is 1. The zero-order chi connectivity index (χ0) is 24.4. The van der Waals surface area contributed by atoms with Gasteiger partial charge in [-0.15, -0.1) is 0 Å². The van der Waals surface area contributed by atoms with Crippen LogP contribution in [0.4, 0.5) is 10.2 Å². The number of nitrogens with two attached hydrogens (primary N) is 1. The molecule has 0 aliphatic carbocycles. The molecule has 2 aromatic heterocycles. The quantitative estimate of drug-likeness (QED) is 0.378. The molecular formula is C23H23FN6O4. The number of hydrogen-bond donors (Lipinski definition) is 3. The molecule has 0 saturated carbocycles. The largest absolute Gasteiger partial charge is 0.496 e. The second kappa shape index (κ2) is 9.32. The number of rotatable bonds is 7. The molecule has 0 saturated heterocycles. The Kier molecular flexibility index (Phi) is 6.28. The lowest BCUT2D eigenvalue weighted by atomic mass is 10.1. The Morgan fingerprint density at radius 3 is 2.65 bits per heavy atom. The number of imidazole rings is 1. The Bertz CT molecular complexity index is 1410. The molecule has 176 valence electrons. The highest BCUT2D eigenvalue weighted by atomic mass is 19.1. The summed E-state index contributed by atoms with van der Waals surface area (Å²) in [5.41, 5.74) is 7.65. The van der Waals surface area contributed by atoms with Crippen LogP contribution in [0, 0.1) is 5.82 Å². The number of nitrogens with zero attached hydrogens (tertiary/aromatic N) is 4. The van der Waals surface area contributed by atoms with Crippen molar-refractivity contribution in [3.8, 4) is 11.4 Å². The van der Waals surface area contributed by atoms with E-state index in [1.807, 2.05) is 0 Å². The summed E-state index contributed by atoms with van der Waals surface area (Å²) in [4.78, 5) is 33.9. The van der Waals surface area contributed by atoms with E-state index in [4.69, 9.17) is 10.5 Å². The number of hydrogen-bond acceptors (Lipinski definition) is 7. The molecule has 0 fully saturated rings. The fraction of sp³-hybridized carbons (Fsp3) is 0.217. The first kappa shape index (κ1) is 22.9. The van der Waals surface area contributed by atoms with Crippen molar-refractivity contribution in [1.29, 1.82) is 0 Å². The SMILES string of the molecule is COc1ccc(F)cc1C(=O)NCc1ccc(-n2c(=O)n(C(C)CO)c3ncnc(N)c32)cc1. The van der Waals surface area contributed by atoms with Gasteiger partial charge in [0.1, 0.15) is 23.4 Å². The molecule has 1 atom stereocenters. The van der Waals surface area contributed by atoms with Gasteiger partial charge in [0.25, 0.3) is 5.91 Å². The third kappa shape index (κ3) is 4.08. The number of methoxy groups -OCH3 is 1. The van der Waals surface area contributed by atoms with Crippen LogP contribution in [0.1, 0.15) is 28.9 Å². The van der Waals surface area contributed by atoms with Crippen LogP contribution in [-0.2, 0) is 6.54 Å². The van der Waals surface area contributed by atoms with E-state index in [9.17, 15) is 19.1 Å².